The number of hydrogen-bond donors (Lipinski definition) is 3. The molecule has 0 aliphatic rings. The molecule has 8 heteroatoms. The Morgan fingerprint density at radius 1 is 1.06 bits per heavy atom. The quantitative estimate of drug-likeness (QED) is 0.486. The minimum Gasteiger partial charge on any atom is -0.490 e. The third-order valence-corrected chi connectivity index (χ3v) is 4.57. The molecule has 1 unspecified atom stereocenters. The van der Waals surface area contributed by atoms with Crippen LogP contribution in [0, 0.1) is 13.8 Å². The molecular formula is C23H25N3O5. The third kappa shape index (κ3) is 6.16. The Bertz CT molecular complexity index is 1010. The van der Waals surface area contributed by atoms with Crippen LogP contribution >= 0.6 is 0 Å². The van der Waals surface area contributed by atoms with Gasteiger partial charge >= 0.3 is 0 Å². The lowest BCUT2D eigenvalue weighted by molar-refractivity contribution is -0.120. The smallest absolute Gasteiger partial charge is 0.273 e. The molecule has 1 aromatic heterocycles. The second-order valence-electron chi connectivity index (χ2n) is 7.11. The van der Waals surface area contributed by atoms with Gasteiger partial charge in [0.05, 0.1) is 6.54 Å². The number of carbonyl (C=O) groups is 2. The van der Waals surface area contributed by atoms with Gasteiger partial charge in [-0.05, 0) is 25.0 Å². The summed E-state index contributed by atoms with van der Waals surface area (Å²) < 4.78 is 10.8. The second kappa shape index (κ2) is 10.4. The predicted octanol–water partition coefficient (Wildman–Crippen LogP) is 2.24. The lowest BCUT2D eigenvalue weighted by Gasteiger charge is -2.16. The van der Waals surface area contributed by atoms with E-state index in [1.807, 2.05) is 62.4 Å². The number of aromatic nitrogens is 1. The largest absolute Gasteiger partial charge is 0.490 e. The van der Waals surface area contributed by atoms with Crippen LogP contribution in [0.2, 0.25) is 0 Å². The van der Waals surface area contributed by atoms with E-state index in [2.05, 4.69) is 15.8 Å². The van der Waals surface area contributed by atoms with Crippen LogP contribution in [0.15, 0.2) is 59.1 Å². The number of aliphatic hydroxyl groups excluding tert-OH is 1. The maximum absolute atomic E-state index is 12.2. The van der Waals surface area contributed by atoms with E-state index in [9.17, 15) is 14.7 Å². The number of nitrogens with zero attached hydrogens (tertiary/aromatic N) is 1. The molecule has 1 heterocycles. The monoisotopic (exact) mass is 423 g/mol. The standard InChI is InChI=1S/C23H25N3O5/c1-15-7-6-8-16(2)22(15)30-14-18(27)12-24-21(28)13-25-23(29)19-11-20(31-26-19)17-9-4-3-5-10-17/h3-11,18,27H,12-14H2,1-2H3,(H,24,28)(H,25,29). The van der Waals surface area contributed by atoms with Gasteiger partial charge in [-0.2, -0.15) is 0 Å². The number of hydrogen-bond acceptors (Lipinski definition) is 6. The summed E-state index contributed by atoms with van der Waals surface area (Å²) in [5.74, 6) is 0.219. The molecule has 0 saturated heterocycles. The first-order valence-electron chi connectivity index (χ1n) is 9.88. The molecule has 162 valence electrons. The van der Waals surface area contributed by atoms with Crippen molar-refractivity contribution in [1.29, 1.82) is 0 Å². The zero-order valence-corrected chi connectivity index (χ0v) is 17.4. The van der Waals surface area contributed by atoms with Crippen molar-refractivity contribution in [2.75, 3.05) is 19.7 Å². The number of ether oxygens (including phenoxy) is 1. The van der Waals surface area contributed by atoms with Gasteiger partial charge in [0.1, 0.15) is 18.5 Å². The average molecular weight is 423 g/mol. The average Bonchev–Trinajstić information content (AvgIpc) is 3.27. The Kier molecular flexibility index (Phi) is 7.40. The second-order valence-corrected chi connectivity index (χ2v) is 7.11. The number of para-hydroxylation sites is 1. The topological polar surface area (TPSA) is 114 Å². The van der Waals surface area contributed by atoms with E-state index in [1.165, 1.54) is 6.07 Å². The highest BCUT2D eigenvalue weighted by Crippen LogP contribution is 2.22. The zero-order valence-electron chi connectivity index (χ0n) is 17.4. The number of aliphatic hydroxyl groups is 1. The van der Waals surface area contributed by atoms with E-state index in [4.69, 9.17) is 9.26 Å². The highest BCUT2D eigenvalue weighted by Gasteiger charge is 2.15. The molecule has 2 aromatic carbocycles. The van der Waals surface area contributed by atoms with Crippen molar-refractivity contribution in [3.63, 3.8) is 0 Å². The molecule has 0 radical (unpaired) electrons. The number of rotatable bonds is 9. The van der Waals surface area contributed by atoms with Crippen LogP contribution in [-0.4, -0.2) is 47.9 Å². The van der Waals surface area contributed by atoms with E-state index < -0.39 is 17.9 Å². The summed E-state index contributed by atoms with van der Waals surface area (Å²) in [6, 6.07) is 16.6. The van der Waals surface area contributed by atoms with Gasteiger partial charge in [-0.15, -0.1) is 0 Å². The Morgan fingerprint density at radius 3 is 2.48 bits per heavy atom. The lowest BCUT2D eigenvalue weighted by Crippen LogP contribution is -2.41. The van der Waals surface area contributed by atoms with Crippen LogP contribution in [0.4, 0.5) is 0 Å². The summed E-state index contributed by atoms with van der Waals surface area (Å²) in [6.45, 7) is 3.64. The molecule has 0 aliphatic heterocycles. The summed E-state index contributed by atoms with van der Waals surface area (Å²) in [5, 5.41) is 18.8. The highest BCUT2D eigenvalue weighted by atomic mass is 16.5. The molecule has 0 spiro atoms. The first kappa shape index (κ1) is 22.0. The van der Waals surface area contributed by atoms with Gasteiger partial charge in [-0.3, -0.25) is 9.59 Å². The first-order valence-corrected chi connectivity index (χ1v) is 9.88. The summed E-state index contributed by atoms with van der Waals surface area (Å²) in [4.78, 5) is 24.1. The fourth-order valence-electron chi connectivity index (χ4n) is 2.93. The molecule has 0 aliphatic carbocycles. The van der Waals surface area contributed by atoms with Crippen molar-refractivity contribution >= 4 is 11.8 Å². The molecule has 3 rings (SSSR count). The highest BCUT2D eigenvalue weighted by molar-refractivity contribution is 5.95. The molecular weight excluding hydrogens is 398 g/mol. The maximum Gasteiger partial charge on any atom is 0.273 e. The van der Waals surface area contributed by atoms with Gasteiger partial charge in [0.15, 0.2) is 11.5 Å². The predicted molar refractivity (Wildman–Crippen MR) is 115 cm³/mol. The summed E-state index contributed by atoms with van der Waals surface area (Å²) in [7, 11) is 0. The number of aryl methyl sites for hydroxylation is 2. The van der Waals surface area contributed by atoms with Crippen LogP contribution in [-0.2, 0) is 4.79 Å². The van der Waals surface area contributed by atoms with E-state index in [-0.39, 0.29) is 25.4 Å². The van der Waals surface area contributed by atoms with Crippen molar-refractivity contribution in [2.45, 2.75) is 20.0 Å². The molecule has 8 nitrogen and oxygen atoms in total. The molecule has 1 atom stereocenters. The van der Waals surface area contributed by atoms with Gasteiger partial charge in [0, 0.05) is 18.2 Å². The van der Waals surface area contributed by atoms with Crippen LogP contribution in [0.3, 0.4) is 0 Å². The SMILES string of the molecule is Cc1cccc(C)c1OCC(O)CNC(=O)CNC(=O)c1cc(-c2ccccc2)on1. The van der Waals surface area contributed by atoms with Crippen molar-refractivity contribution < 1.29 is 24.0 Å². The van der Waals surface area contributed by atoms with E-state index in [1.54, 1.807) is 0 Å². The lowest BCUT2D eigenvalue weighted by atomic mass is 10.1. The number of carbonyl (C=O) groups excluding carboxylic acids is 2. The fourth-order valence-corrected chi connectivity index (χ4v) is 2.93. The molecule has 2 amide bonds. The minimum absolute atomic E-state index is 0.00173. The molecule has 0 bridgehead atoms. The summed E-state index contributed by atoms with van der Waals surface area (Å²) in [5.41, 5.74) is 2.82. The Morgan fingerprint density at radius 2 is 1.77 bits per heavy atom. The number of benzene rings is 2. The molecule has 0 saturated carbocycles. The van der Waals surface area contributed by atoms with Crippen molar-refractivity contribution in [1.82, 2.24) is 15.8 Å². The molecule has 3 aromatic rings. The molecule has 0 fully saturated rings. The minimum atomic E-state index is -0.886. The van der Waals surface area contributed by atoms with Gasteiger partial charge < -0.3 is 25.0 Å². The maximum atomic E-state index is 12.2. The summed E-state index contributed by atoms with van der Waals surface area (Å²) in [6.07, 6.45) is -0.886. The van der Waals surface area contributed by atoms with E-state index in [0.29, 0.717) is 5.76 Å². The Labute approximate surface area is 180 Å². The Hall–Kier alpha value is -3.65. The van der Waals surface area contributed by atoms with Gasteiger partial charge in [-0.1, -0.05) is 53.7 Å². The van der Waals surface area contributed by atoms with Gasteiger partial charge in [0.2, 0.25) is 5.91 Å². The fraction of sp³-hybridized carbons (Fsp3) is 0.261. The molecule has 31 heavy (non-hydrogen) atoms. The van der Waals surface area contributed by atoms with Crippen LogP contribution in [0.1, 0.15) is 21.6 Å². The first-order chi connectivity index (χ1) is 14.9. The van der Waals surface area contributed by atoms with Crippen LogP contribution in [0.25, 0.3) is 11.3 Å². The third-order valence-electron chi connectivity index (χ3n) is 4.57. The summed E-state index contributed by atoms with van der Waals surface area (Å²) >= 11 is 0. The molecule has 3 N–H and O–H groups in total. The van der Waals surface area contributed by atoms with Crippen LogP contribution < -0.4 is 15.4 Å². The van der Waals surface area contributed by atoms with Crippen LogP contribution in [0.5, 0.6) is 5.75 Å². The zero-order chi connectivity index (χ0) is 22.2. The van der Waals surface area contributed by atoms with Crippen molar-refractivity contribution in [3.8, 4) is 17.1 Å². The Balaban J connectivity index is 1.40. The van der Waals surface area contributed by atoms with E-state index in [0.717, 1.165) is 22.4 Å². The normalized spacial score (nSPS) is 11.6. The van der Waals surface area contributed by atoms with Crippen molar-refractivity contribution in [3.05, 3.63) is 71.4 Å². The number of nitrogens with one attached hydrogen (secondary N) is 2. The van der Waals surface area contributed by atoms with Gasteiger partial charge in [-0.25, -0.2) is 0 Å². The number of amides is 2. The van der Waals surface area contributed by atoms with Gasteiger partial charge in [0.25, 0.3) is 5.91 Å². The van der Waals surface area contributed by atoms with E-state index >= 15 is 0 Å². The van der Waals surface area contributed by atoms with Crippen molar-refractivity contribution in [2.24, 2.45) is 0 Å².